The van der Waals surface area contributed by atoms with Gasteiger partial charge in [-0.1, -0.05) is 44.2 Å². The lowest BCUT2D eigenvalue weighted by molar-refractivity contribution is -0.0250. The van der Waals surface area contributed by atoms with E-state index in [2.05, 4.69) is 61.7 Å². The lowest BCUT2D eigenvalue weighted by Crippen LogP contribution is -2.39. The van der Waals surface area contributed by atoms with Crippen LogP contribution in [0.4, 0.5) is 0 Å². The number of hydrogen-bond acceptors (Lipinski definition) is 2. The van der Waals surface area contributed by atoms with Gasteiger partial charge in [-0.3, -0.25) is 4.99 Å². The average Bonchev–Trinajstić information content (AvgIpc) is 2.60. The molecule has 1 heterocycles. The van der Waals surface area contributed by atoms with Gasteiger partial charge in [0.05, 0.1) is 6.10 Å². The minimum absolute atomic E-state index is 0.169. The van der Waals surface area contributed by atoms with E-state index in [4.69, 9.17) is 9.73 Å². The maximum absolute atomic E-state index is 6.07. The van der Waals surface area contributed by atoms with Gasteiger partial charge in [0.25, 0.3) is 0 Å². The van der Waals surface area contributed by atoms with Gasteiger partial charge in [-0.2, -0.15) is 0 Å². The number of benzene rings is 1. The average molecular weight is 332 g/mol. The van der Waals surface area contributed by atoms with E-state index in [0.29, 0.717) is 11.8 Å². The molecule has 0 aliphatic carbocycles. The lowest BCUT2D eigenvalue weighted by atomic mass is 9.89. The number of nitrogens with one attached hydrogen (secondary N) is 2. The molecule has 1 saturated heterocycles. The molecule has 1 aliphatic heterocycles. The summed E-state index contributed by atoms with van der Waals surface area (Å²) in [6, 6.07) is 10.6. The number of hydrogen-bond donors (Lipinski definition) is 2. The van der Waals surface area contributed by atoms with E-state index in [1.807, 2.05) is 0 Å². The van der Waals surface area contributed by atoms with Gasteiger partial charge in [0.1, 0.15) is 0 Å². The molecular formula is C20H33N3O. The number of rotatable bonds is 7. The molecule has 0 aromatic heterocycles. The number of ether oxygens (including phenoxy) is 1. The fraction of sp³-hybridized carbons (Fsp3) is 0.650. The van der Waals surface area contributed by atoms with Crippen LogP contribution in [0.2, 0.25) is 0 Å². The van der Waals surface area contributed by atoms with Crippen molar-refractivity contribution in [1.82, 2.24) is 10.6 Å². The second-order valence-electron chi connectivity index (χ2n) is 6.93. The molecule has 1 aliphatic rings. The third kappa shape index (κ3) is 6.16. The zero-order valence-corrected chi connectivity index (χ0v) is 15.4. The predicted octanol–water partition coefficient (Wildman–Crippen LogP) is 3.76. The van der Waals surface area contributed by atoms with Crippen molar-refractivity contribution < 1.29 is 4.74 Å². The highest BCUT2D eigenvalue weighted by Crippen LogP contribution is 2.33. The Hall–Kier alpha value is -1.55. The molecule has 0 radical (unpaired) electrons. The summed E-state index contributed by atoms with van der Waals surface area (Å²) in [7, 11) is 0. The second kappa shape index (κ2) is 10.3. The Morgan fingerprint density at radius 3 is 2.75 bits per heavy atom. The van der Waals surface area contributed by atoms with Crippen LogP contribution in [-0.4, -0.2) is 32.2 Å². The summed E-state index contributed by atoms with van der Waals surface area (Å²) in [5.41, 5.74) is 1.27. The van der Waals surface area contributed by atoms with Gasteiger partial charge in [-0.05, 0) is 37.7 Å². The molecule has 2 atom stereocenters. The standard InChI is InChI=1S/C20H33N3O/c1-4-21-20(22-13-12-16(2)3)23-15-18-11-8-14-24-19(18)17-9-6-5-7-10-17/h5-7,9-10,16,18-19H,4,8,11-15H2,1-3H3,(H2,21,22,23). The van der Waals surface area contributed by atoms with Crippen LogP contribution < -0.4 is 10.6 Å². The minimum atomic E-state index is 0.169. The Morgan fingerprint density at radius 2 is 2.04 bits per heavy atom. The van der Waals surface area contributed by atoms with Crippen LogP contribution in [0.15, 0.2) is 35.3 Å². The van der Waals surface area contributed by atoms with Crippen LogP contribution >= 0.6 is 0 Å². The van der Waals surface area contributed by atoms with Crippen molar-refractivity contribution in [3.63, 3.8) is 0 Å². The number of aliphatic imine (C=N–C) groups is 1. The van der Waals surface area contributed by atoms with Crippen LogP contribution in [0, 0.1) is 11.8 Å². The highest BCUT2D eigenvalue weighted by atomic mass is 16.5. The third-order valence-corrected chi connectivity index (χ3v) is 4.42. The first kappa shape index (κ1) is 18.8. The molecule has 4 nitrogen and oxygen atoms in total. The molecular weight excluding hydrogens is 298 g/mol. The SMILES string of the molecule is CCNC(=NCC1CCCOC1c1ccccc1)NCCC(C)C. The topological polar surface area (TPSA) is 45.7 Å². The maximum Gasteiger partial charge on any atom is 0.191 e. The van der Waals surface area contributed by atoms with Crippen LogP contribution in [0.25, 0.3) is 0 Å². The number of guanidine groups is 1. The van der Waals surface area contributed by atoms with Gasteiger partial charge in [0.15, 0.2) is 5.96 Å². The first-order valence-electron chi connectivity index (χ1n) is 9.39. The smallest absolute Gasteiger partial charge is 0.191 e. The molecule has 0 bridgehead atoms. The highest BCUT2D eigenvalue weighted by Gasteiger charge is 2.27. The zero-order valence-electron chi connectivity index (χ0n) is 15.4. The molecule has 2 N–H and O–H groups in total. The quantitative estimate of drug-likeness (QED) is 0.591. The van der Waals surface area contributed by atoms with E-state index >= 15 is 0 Å². The monoisotopic (exact) mass is 331 g/mol. The Bertz CT molecular complexity index is 487. The van der Waals surface area contributed by atoms with Crippen LogP contribution in [-0.2, 0) is 4.74 Å². The molecule has 1 aromatic rings. The highest BCUT2D eigenvalue weighted by molar-refractivity contribution is 5.79. The van der Waals surface area contributed by atoms with E-state index < -0.39 is 0 Å². The molecule has 1 aromatic carbocycles. The van der Waals surface area contributed by atoms with Crippen molar-refractivity contribution in [2.75, 3.05) is 26.2 Å². The summed E-state index contributed by atoms with van der Waals surface area (Å²) in [6.07, 6.45) is 3.63. The predicted molar refractivity (Wildman–Crippen MR) is 101 cm³/mol. The van der Waals surface area contributed by atoms with Gasteiger partial charge >= 0.3 is 0 Å². The van der Waals surface area contributed by atoms with Gasteiger partial charge in [0, 0.05) is 32.2 Å². The molecule has 4 heteroatoms. The van der Waals surface area contributed by atoms with Crippen molar-refractivity contribution in [2.24, 2.45) is 16.8 Å². The lowest BCUT2D eigenvalue weighted by Gasteiger charge is -2.31. The van der Waals surface area contributed by atoms with Crippen molar-refractivity contribution >= 4 is 5.96 Å². The van der Waals surface area contributed by atoms with Crippen LogP contribution in [0.1, 0.15) is 51.7 Å². The molecule has 0 amide bonds. The van der Waals surface area contributed by atoms with Crippen LogP contribution in [0.3, 0.4) is 0 Å². The van der Waals surface area contributed by atoms with Crippen LogP contribution in [0.5, 0.6) is 0 Å². The van der Waals surface area contributed by atoms with Gasteiger partial charge in [0.2, 0.25) is 0 Å². The Balaban J connectivity index is 1.96. The summed E-state index contributed by atoms with van der Waals surface area (Å²) < 4.78 is 6.07. The van der Waals surface area contributed by atoms with E-state index in [9.17, 15) is 0 Å². The second-order valence-corrected chi connectivity index (χ2v) is 6.93. The molecule has 2 unspecified atom stereocenters. The largest absolute Gasteiger partial charge is 0.373 e. The third-order valence-electron chi connectivity index (χ3n) is 4.42. The Morgan fingerprint density at radius 1 is 1.25 bits per heavy atom. The number of nitrogens with zero attached hydrogens (tertiary/aromatic N) is 1. The summed E-state index contributed by atoms with van der Waals surface area (Å²) in [6.45, 7) is 10.1. The summed E-state index contributed by atoms with van der Waals surface area (Å²) >= 11 is 0. The van der Waals surface area contributed by atoms with Gasteiger partial charge in [-0.15, -0.1) is 0 Å². The van der Waals surface area contributed by atoms with E-state index in [0.717, 1.165) is 45.0 Å². The first-order valence-corrected chi connectivity index (χ1v) is 9.39. The van der Waals surface area contributed by atoms with E-state index in [1.54, 1.807) is 0 Å². The molecule has 2 rings (SSSR count). The normalized spacial score (nSPS) is 21.8. The minimum Gasteiger partial charge on any atom is -0.373 e. The van der Waals surface area contributed by atoms with Crippen molar-refractivity contribution in [3.8, 4) is 0 Å². The van der Waals surface area contributed by atoms with E-state index in [1.165, 1.54) is 12.0 Å². The maximum atomic E-state index is 6.07. The van der Waals surface area contributed by atoms with Crippen molar-refractivity contribution in [2.45, 2.75) is 46.1 Å². The van der Waals surface area contributed by atoms with Crippen molar-refractivity contribution in [1.29, 1.82) is 0 Å². The Labute approximate surface area is 147 Å². The molecule has 24 heavy (non-hydrogen) atoms. The zero-order chi connectivity index (χ0) is 17.2. The first-order chi connectivity index (χ1) is 11.7. The van der Waals surface area contributed by atoms with E-state index in [-0.39, 0.29) is 6.10 Å². The summed E-state index contributed by atoms with van der Waals surface area (Å²) in [5, 5.41) is 6.79. The van der Waals surface area contributed by atoms with Gasteiger partial charge in [-0.25, -0.2) is 0 Å². The fourth-order valence-electron chi connectivity index (χ4n) is 3.07. The summed E-state index contributed by atoms with van der Waals surface area (Å²) in [5.74, 6) is 2.08. The van der Waals surface area contributed by atoms with Crippen molar-refractivity contribution in [3.05, 3.63) is 35.9 Å². The summed E-state index contributed by atoms with van der Waals surface area (Å²) in [4.78, 5) is 4.82. The van der Waals surface area contributed by atoms with Gasteiger partial charge < -0.3 is 15.4 Å². The Kier molecular flexibility index (Phi) is 8.10. The fourth-order valence-corrected chi connectivity index (χ4v) is 3.07. The molecule has 0 saturated carbocycles. The molecule has 134 valence electrons. The molecule has 1 fully saturated rings. The molecule has 0 spiro atoms.